The molecule has 4 nitrogen and oxygen atoms in total. The van der Waals surface area contributed by atoms with Crippen LogP contribution < -0.4 is 9.61 Å². The Balaban J connectivity index is 2.00. The summed E-state index contributed by atoms with van der Waals surface area (Å²) in [5, 5.41) is 0. The number of nitrogens with one attached hydrogen (secondary N) is 1. The van der Waals surface area contributed by atoms with Crippen LogP contribution in [-0.2, 0) is 6.54 Å². The van der Waals surface area contributed by atoms with Gasteiger partial charge in [-0.1, -0.05) is 29.4 Å². The van der Waals surface area contributed by atoms with Gasteiger partial charge in [0.1, 0.15) is 5.75 Å². The number of hydrogen-bond donors (Lipinski definition) is 1. The molecule has 5 heteroatoms. The van der Waals surface area contributed by atoms with Crippen molar-refractivity contribution in [1.29, 1.82) is 0 Å². The van der Waals surface area contributed by atoms with E-state index in [0.29, 0.717) is 12.1 Å². The number of hydrogen-bond acceptors (Lipinski definition) is 4. The largest absolute Gasteiger partial charge is 0.496 e. The van der Waals surface area contributed by atoms with Crippen molar-refractivity contribution in [2.24, 2.45) is 0 Å². The van der Waals surface area contributed by atoms with Gasteiger partial charge in [-0.3, -0.25) is 9.69 Å². The molecule has 2 unspecified atom stereocenters. The first-order valence-electron chi connectivity index (χ1n) is 8.62. The van der Waals surface area contributed by atoms with Crippen molar-refractivity contribution < 1.29 is 4.74 Å². The first-order chi connectivity index (χ1) is 11.5. The summed E-state index contributed by atoms with van der Waals surface area (Å²) in [4.78, 5) is 18.7. The van der Waals surface area contributed by atoms with Gasteiger partial charge in [-0.05, 0) is 45.7 Å². The highest BCUT2D eigenvalue weighted by atomic mass is 32.1. The maximum Gasteiger partial charge on any atom is 0.305 e. The molecule has 2 atom stereocenters. The Morgan fingerprint density at radius 2 is 2.00 bits per heavy atom. The molecule has 0 radical (unpaired) electrons. The zero-order chi connectivity index (χ0) is 17.3. The molecule has 1 N–H and O–H groups in total. The van der Waals surface area contributed by atoms with Crippen molar-refractivity contribution in [1.82, 2.24) is 9.88 Å². The summed E-state index contributed by atoms with van der Waals surface area (Å²) >= 11 is 1.32. The second kappa shape index (κ2) is 7.11. The zero-order valence-corrected chi connectivity index (χ0v) is 15.7. The van der Waals surface area contributed by atoms with E-state index in [9.17, 15) is 4.79 Å². The lowest BCUT2D eigenvalue weighted by Crippen LogP contribution is -2.42. The summed E-state index contributed by atoms with van der Waals surface area (Å²) in [6.45, 7) is 7.45. The van der Waals surface area contributed by atoms with Crippen LogP contribution in [0.2, 0.25) is 0 Å². The molecule has 1 aliphatic heterocycles. The van der Waals surface area contributed by atoms with E-state index in [1.165, 1.54) is 30.6 Å². The summed E-state index contributed by atoms with van der Waals surface area (Å²) in [5.74, 6) is 0.802. The van der Waals surface area contributed by atoms with Crippen LogP contribution in [0.5, 0.6) is 5.75 Å². The Morgan fingerprint density at radius 1 is 1.29 bits per heavy atom. The highest BCUT2D eigenvalue weighted by Crippen LogP contribution is 2.34. The normalized spacial score (nSPS) is 21.8. The fourth-order valence-corrected chi connectivity index (χ4v) is 4.51. The molecule has 1 fully saturated rings. The Kier molecular flexibility index (Phi) is 5.11. The second-order valence-electron chi connectivity index (χ2n) is 6.82. The third kappa shape index (κ3) is 3.42. The number of H-pyrrole nitrogens is 1. The Labute approximate surface area is 147 Å². The van der Waals surface area contributed by atoms with Crippen LogP contribution >= 0.6 is 11.3 Å². The molecule has 0 aliphatic carbocycles. The van der Waals surface area contributed by atoms with Crippen molar-refractivity contribution in [3.05, 3.63) is 38.3 Å². The predicted molar refractivity (Wildman–Crippen MR) is 100.0 cm³/mol. The molecule has 3 rings (SSSR count). The SMILES string of the molecule is COc1ccc(C)cc1-c1[nH]c(=O)sc1CN1C(C)CCCC1C. The van der Waals surface area contributed by atoms with Gasteiger partial charge in [0.15, 0.2) is 0 Å². The number of thiazole rings is 1. The fraction of sp³-hybridized carbons (Fsp3) is 0.526. The number of aromatic nitrogens is 1. The standard InChI is InChI=1S/C19H26N2O2S/c1-12-8-9-16(23-4)15(10-12)18-17(24-19(22)20-18)11-21-13(2)6-5-7-14(21)3/h8-10,13-14H,5-7,11H2,1-4H3,(H,20,22). The number of likely N-dealkylation sites (tertiary alicyclic amines) is 1. The first-order valence-corrected chi connectivity index (χ1v) is 9.44. The molecule has 0 amide bonds. The van der Waals surface area contributed by atoms with Crippen LogP contribution in [0.4, 0.5) is 0 Å². The highest BCUT2D eigenvalue weighted by molar-refractivity contribution is 7.09. The minimum Gasteiger partial charge on any atom is -0.496 e. The summed E-state index contributed by atoms with van der Waals surface area (Å²) < 4.78 is 5.52. The first kappa shape index (κ1) is 17.2. The summed E-state index contributed by atoms with van der Waals surface area (Å²) in [6, 6.07) is 7.19. The average molecular weight is 346 g/mol. The van der Waals surface area contributed by atoms with Crippen LogP contribution in [-0.4, -0.2) is 29.1 Å². The number of rotatable bonds is 4. The number of ether oxygens (including phenoxy) is 1. The van der Waals surface area contributed by atoms with Crippen LogP contribution in [0.15, 0.2) is 23.0 Å². The van der Waals surface area contributed by atoms with Gasteiger partial charge in [-0.15, -0.1) is 0 Å². The molecule has 2 heterocycles. The van der Waals surface area contributed by atoms with Crippen LogP contribution in [0.1, 0.15) is 43.6 Å². The number of benzene rings is 1. The van der Waals surface area contributed by atoms with Gasteiger partial charge in [0.2, 0.25) is 0 Å². The van der Waals surface area contributed by atoms with Crippen LogP contribution in [0, 0.1) is 6.92 Å². The Hall–Kier alpha value is -1.59. The number of nitrogens with zero attached hydrogens (tertiary/aromatic N) is 1. The molecule has 0 saturated carbocycles. The van der Waals surface area contributed by atoms with Gasteiger partial charge in [0.25, 0.3) is 0 Å². The summed E-state index contributed by atoms with van der Waals surface area (Å²) in [7, 11) is 1.67. The van der Waals surface area contributed by atoms with E-state index >= 15 is 0 Å². The Morgan fingerprint density at radius 3 is 2.67 bits per heavy atom. The van der Waals surface area contributed by atoms with E-state index in [2.05, 4.69) is 36.7 Å². The minimum atomic E-state index is 0.000810. The fourth-order valence-electron chi connectivity index (χ4n) is 3.66. The van der Waals surface area contributed by atoms with E-state index in [0.717, 1.165) is 34.0 Å². The molecule has 0 spiro atoms. The molecular formula is C19H26N2O2S. The third-order valence-electron chi connectivity index (χ3n) is 5.05. The molecule has 2 aromatic rings. The van der Waals surface area contributed by atoms with Crippen molar-refractivity contribution in [3.8, 4) is 17.0 Å². The van der Waals surface area contributed by atoms with E-state index in [1.807, 2.05) is 12.1 Å². The van der Waals surface area contributed by atoms with E-state index in [4.69, 9.17) is 4.74 Å². The van der Waals surface area contributed by atoms with Crippen LogP contribution in [0.3, 0.4) is 0 Å². The second-order valence-corrected chi connectivity index (χ2v) is 7.89. The van der Waals surface area contributed by atoms with Crippen LogP contribution in [0.25, 0.3) is 11.3 Å². The summed E-state index contributed by atoms with van der Waals surface area (Å²) in [5.41, 5.74) is 3.04. The smallest absolute Gasteiger partial charge is 0.305 e. The third-order valence-corrected chi connectivity index (χ3v) is 5.92. The molecule has 1 aromatic carbocycles. The van der Waals surface area contributed by atoms with E-state index in [1.54, 1.807) is 7.11 Å². The maximum atomic E-state index is 12.1. The topological polar surface area (TPSA) is 45.3 Å². The lowest BCUT2D eigenvalue weighted by atomic mass is 9.97. The van der Waals surface area contributed by atoms with Gasteiger partial charge in [-0.2, -0.15) is 0 Å². The van der Waals surface area contributed by atoms with Gasteiger partial charge in [0, 0.05) is 29.1 Å². The molecule has 1 saturated heterocycles. The molecule has 0 bridgehead atoms. The highest BCUT2D eigenvalue weighted by Gasteiger charge is 2.27. The van der Waals surface area contributed by atoms with Gasteiger partial charge < -0.3 is 9.72 Å². The molecular weight excluding hydrogens is 320 g/mol. The molecule has 24 heavy (non-hydrogen) atoms. The summed E-state index contributed by atoms with van der Waals surface area (Å²) in [6.07, 6.45) is 3.75. The maximum absolute atomic E-state index is 12.1. The molecule has 1 aliphatic rings. The minimum absolute atomic E-state index is 0.000810. The lowest BCUT2D eigenvalue weighted by Gasteiger charge is -2.38. The average Bonchev–Trinajstić information content (AvgIpc) is 2.91. The number of piperidine rings is 1. The van der Waals surface area contributed by atoms with Crippen molar-refractivity contribution in [2.75, 3.05) is 7.11 Å². The lowest BCUT2D eigenvalue weighted by molar-refractivity contribution is 0.0965. The van der Waals surface area contributed by atoms with Gasteiger partial charge in [-0.25, -0.2) is 0 Å². The number of methoxy groups -OCH3 is 1. The van der Waals surface area contributed by atoms with E-state index in [-0.39, 0.29) is 4.87 Å². The predicted octanol–water partition coefficient (Wildman–Crippen LogP) is 4.18. The molecule has 1 aromatic heterocycles. The van der Waals surface area contributed by atoms with Crippen molar-refractivity contribution in [2.45, 2.75) is 58.7 Å². The molecule has 130 valence electrons. The van der Waals surface area contributed by atoms with Crippen molar-refractivity contribution >= 4 is 11.3 Å². The zero-order valence-electron chi connectivity index (χ0n) is 14.9. The quantitative estimate of drug-likeness (QED) is 0.903. The Bertz CT molecular complexity index is 755. The van der Waals surface area contributed by atoms with Crippen molar-refractivity contribution in [3.63, 3.8) is 0 Å². The number of aryl methyl sites for hydroxylation is 1. The van der Waals surface area contributed by atoms with E-state index < -0.39 is 0 Å². The van der Waals surface area contributed by atoms with Gasteiger partial charge in [0.05, 0.1) is 12.8 Å². The monoisotopic (exact) mass is 346 g/mol. The number of aromatic amines is 1. The van der Waals surface area contributed by atoms with Gasteiger partial charge >= 0.3 is 4.87 Å².